The van der Waals surface area contributed by atoms with Gasteiger partial charge in [-0.1, -0.05) is 42.5 Å². The predicted molar refractivity (Wildman–Crippen MR) is 125 cm³/mol. The van der Waals surface area contributed by atoms with E-state index in [1.807, 2.05) is 12.1 Å². The van der Waals surface area contributed by atoms with Crippen molar-refractivity contribution in [2.75, 3.05) is 19.8 Å². The van der Waals surface area contributed by atoms with Crippen LogP contribution in [0.3, 0.4) is 0 Å². The van der Waals surface area contributed by atoms with Crippen LogP contribution < -0.4 is 10.1 Å². The second-order valence-corrected chi connectivity index (χ2v) is 8.23. The molecule has 1 unspecified atom stereocenters. The van der Waals surface area contributed by atoms with Crippen LogP contribution in [0, 0.1) is 0 Å². The first-order valence-electron chi connectivity index (χ1n) is 10.8. The van der Waals surface area contributed by atoms with E-state index in [-0.39, 0.29) is 6.61 Å². The molecule has 0 bridgehead atoms. The SMILES string of the molecule is O=[PH](O)OCCCNCc1ccc(OCCCCCc2ccccc2)c2ncccc12. The number of fused-ring (bicyclic) bond motifs is 1. The van der Waals surface area contributed by atoms with Crippen molar-refractivity contribution >= 4 is 19.2 Å². The summed E-state index contributed by atoms with van der Waals surface area (Å²) in [7, 11) is -2.83. The van der Waals surface area contributed by atoms with Gasteiger partial charge in [0.2, 0.25) is 0 Å². The van der Waals surface area contributed by atoms with E-state index in [1.165, 1.54) is 5.56 Å². The second-order valence-electron chi connectivity index (χ2n) is 7.41. The number of hydrogen-bond donors (Lipinski definition) is 2. The molecule has 31 heavy (non-hydrogen) atoms. The first-order chi connectivity index (χ1) is 15.2. The Labute approximate surface area is 184 Å². The van der Waals surface area contributed by atoms with Crippen molar-refractivity contribution in [3.8, 4) is 5.75 Å². The number of ether oxygens (including phenoxy) is 1. The lowest BCUT2D eigenvalue weighted by molar-refractivity contribution is 0.276. The van der Waals surface area contributed by atoms with Gasteiger partial charge in [-0.05, 0) is 61.9 Å². The lowest BCUT2D eigenvalue weighted by Crippen LogP contribution is -2.16. The second kappa shape index (κ2) is 13.2. The highest BCUT2D eigenvalue weighted by atomic mass is 31.1. The largest absolute Gasteiger partial charge is 0.491 e. The predicted octanol–water partition coefficient (Wildman–Crippen LogP) is 4.90. The van der Waals surface area contributed by atoms with Gasteiger partial charge in [-0.15, -0.1) is 0 Å². The van der Waals surface area contributed by atoms with Crippen LogP contribution in [-0.2, 0) is 22.1 Å². The summed E-state index contributed by atoms with van der Waals surface area (Å²) < 4.78 is 21.3. The van der Waals surface area contributed by atoms with E-state index in [9.17, 15) is 4.57 Å². The third-order valence-electron chi connectivity index (χ3n) is 5.07. The van der Waals surface area contributed by atoms with Crippen molar-refractivity contribution < 1.29 is 18.7 Å². The fourth-order valence-corrected chi connectivity index (χ4v) is 3.81. The third kappa shape index (κ3) is 8.08. The standard InChI is InChI=1S/C24H31N2O4P/c27-31(28)30-18-8-15-25-19-21-13-14-23(24-22(21)12-7-16-26-24)29-17-6-2-5-11-20-9-3-1-4-10-20/h1,3-4,7,9-10,12-14,16,25,31H,2,5-6,8,11,15,17-19H2,(H,27,28). The number of rotatable bonds is 14. The first kappa shape index (κ1) is 23.4. The Morgan fingerprint density at radius 2 is 1.81 bits per heavy atom. The summed E-state index contributed by atoms with van der Waals surface area (Å²) in [6.45, 7) is 2.36. The van der Waals surface area contributed by atoms with Crippen molar-refractivity contribution in [1.82, 2.24) is 10.3 Å². The van der Waals surface area contributed by atoms with E-state index < -0.39 is 8.25 Å². The Morgan fingerprint density at radius 1 is 0.935 bits per heavy atom. The average molecular weight is 442 g/mol. The van der Waals surface area contributed by atoms with Gasteiger partial charge in [-0.2, -0.15) is 0 Å². The molecule has 0 saturated heterocycles. The van der Waals surface area contributed by atoms with Gasteiger partial charge >= 0.3 is 8.25 Å². The maximum absolute atomic E-state index is 10.5. The van der Waals surface area contributed by atoms with Crippen LogP contribution in [0.15, 0.2) is 60.8 Å². The van der Waals surface area contributed by atoms with E-state index in [4.69, 9.17) is 14.2 Å². The Kier molecular flexibility index (Phi) is 10.00. The summed E-state index contributed by atoms with van der Waals surface area (Å²) in [6, 6.07) is 18.7. The van der Waals surface area contributed by atoms with Gasteiger partial charge in [0, 0.05) is 18.1 Å². The fourth-order valence-electron chi connectivity index (χ4n) is 3.49. The molecule has 3 aromatic rings. The van der Waals surface area contributed by atoms with Crippen molar-refractivity contribution in [2.45, 2.75) is 38.6 Å². The van der Waals surface area contributed by atoms with Crippen LogP contribution in [0.2, 0.25) is 0 Å². The van der Waals surface area contributed by atoms with Gasteiger partial charge in [-0.25, -0.2) is 0 Å². The Bertz CT molecular complexity index is 953. The lowest BCUT2D eigenvalue weighted by Gasteiger charge is -2.12. The molecule has 0 aliphatic rings. The quantitative estimate of drug-likeness (QED) is 0.273. The van der Waals surface area contributed by atoms with E-state index in [1.54, 1.807) is 6.20 Å². The lowest BCUT2D eigenvalue weighted by atomic mass is 10.1. The monoisotopic (exact) mass is 442 g/mol. The van der Waals surface area contributed by atoms with Crippen LogP contribution in [0.25, 0.3) is 10.9 Å². The van der Waals surface area contributed by atoms with Crippen molar-refractivity contribution in [3.63, 3.8) is 0 Å². The van der Waals surface area contributed by atoms with Crippen LogP contribution in [-0.4, -0.2) is 29.6 Å². The Morgan fingerprint density at radius 3 is 2.65 bits per heavy atom. The molecule has 0 spiro atoms. The molecular weight excluding hydrogens is 411 g/mol. The summed E-state index contributed by atoms with van der Waals surface area (Å²) in [5.41, 5.74) is 3.42. The van der Waals surface area contributed by atoms with E-state index in [0.29, 0.717) is 26.1 Å². The number of nitrogens with zero attached hydrogens (tertiary/aromatic N) is 1. The molecule has 166 valence electrons. The molecule has 0 radical (unpaired) electrons. The van der Waals surface area contributed by atoms with Gasteiger partial charge in [0.1, 0.15) is 11.3 Å². The minimum Gasteiger partial charge on any atom is -0.491 e. The summed E-state index contributed by atoms with van der Waals surface area (Å²) in [5, 5.41) is 4.42. The molecule has 0 aliphatic heterocycles. The number of nitrogens with one attached hydrogen (secondary N) is 1. The maximum atomic E-state index is 10.5. The van der Waals surface area contributed by atoms with Crippen LogP contribution in [0.5, 0.6) is 5.75 Å². The highest BCUT2D eigenvalue weighted by molar-refractivity contribution is 7.32. The summed E-state index contributed by atoms with van der Waals surface area (Å²) in [6.07, 6.45) is 6.90. The molecule has 2 aromatic carbocycles. The first-order valence-corrected chi connectivity index (χ1v) is 12.1. The van der Waals surface area contributed by atoms with E-state index in [0.717, 1.165) is 47.9 Å². The number of benzene rings is 2. The maximum Gasteiger partial charge on any atom is 0.316 e. The molecule has 0 aliphatic carbocycles. The van der Waals surface area contributed by atoms with E-state index in [2.05, 4.69) is 52.8 Å². The van der Waals surface area contributed by atoms with Gasteiger partial charge in [-0.3, -0.25) is 9.55 Å². The van der Waals surface area contributed by atoms with Crippen molar-refractivity contribution in [3.05, 3.63) is 71.9 Å². The highest BCUT2D eigenvalue weighted by Gasteiger charge is 2.08. The highest BCUT2D eigenvalue weighted by Crippen LogP contribution is 2.27. The molecular formula is C24H31N2O4P. The summed E-state index contributed by atoms with van der Waals surface area (Å²) >= 11 is 0. The molecule has 1 atom stereocenters. The number of aromatic nitrogens is 1. The Hall–Kier alpha value is -2.24. The fraction of sp³-hybridized carbons (Fsp3) is 0.375. The number of pyridine rings is 1. The van der Waals surface area contributed by atoms with Gasteiger partial charge < -0.3 is 19.5 Å². The van der Waals surface area contributed by atoms with Gasteiger partial charge in [0.25, 0.3) is 0 Å². The minimum absolute atomic E-state index is 0.279. The average Bonchev–Trinajstić information content (AvgIpc) is 2.79. The molecule has 0 amide bonds. The molecule has 1 heterocycles. The van der Waals surface area contributed by atoms with Crippen LogP contribution in [0.4, 0.5) is 0 Å². The minimum atomic E-state index is -2.83. The Balaban J connectivity index is 1.44. The zero-order valence-corrected chi connectivity index (χ0v) is 18.8. The molecule has 0 fully saturated rings. The molecule has 1 aromatic heterocycles. The van der Waals surface area contributed by atoms with Crippen molar-refractivity contribution in [2.24, 2.45) is 0 Å². The third-order valence-corrected chi connectivity index (χ3v) is 5.52. The summed E-state index contributed by atoms with van der Waals surface area (Å²) in [4.78, 5) is 13.2. The summed E-state index contributed by atoms with van der Waals surface area (Å²) in [5.74, 6) is 0.823. The number of hydrogen-bond acceptors (Lipinski definition) is 5. The molecule has 3 rings (SSSR count). The smallest absolute Gasteiger partial charge is 0.316 e. The topological polar surface area (TPSA) is 80.7 Å². The molecule has 0 saturated carbocycles. The van der Waals surface area contributed by atoms with Crippen molar-refractivity contribution in [1.29, 1.82) is 0 Å². The van der Waals surface area contributed by atoms with Gasteiger partial charge in [0.15, 0.2) is 0 Å². The van der Waals surface area contributed by atoms with E-state index >= 15 is 0 Å². The van der Waals surface area contributed by atoms with Gasteiger partial charge in [0.05, 0.1) is 13.2 Å². The molecule has 7 heteroatoms. The molecule has 2 N–H and O–H groups in total. The zero-order valence-electron chi connectivity index (χ0n) is 17.8. The van der Waals surface area contributed by atoms with Crippen LogP contribution >= 0.6 is 8.25 Å². The van der Waals surface area contributed by atoms with Crippen LogP contribution in [0.1, 0.15) is 36.8 Å². The number of aryl methyl sites for hydroxylation is 1. The normalized spacial score (nSPS) is 12.2. The molecule has 6 nitrogen and oxygen atoms in total. The number of unbranched alkanes of at least 4 members (excludes halogenated alkanes) is 2. The zero-order chi connectivity index (χ0) is 21.7.